The van der Waals surface area contributed by atoms with Crippen molar-refractivity contribution in [2.75, 3.05) is 19.6 Å². The monoisotopic (exact) mass is 246 g/mol. The average Bonchev–Trinajstić information content (AvgIpc) is 2.28. The Morgan fingerprint density at radius 1 is 1.06 bits per heavy atom. The van der Waals surface area contributed by atoms with Crippen molar-refractivity contribution < 1.29 is 13.2 Å². The van der Waals surface area contributed by atoms with Crippen molar-refractivity contribution >= 4 is 0 Å². The minimum atomic E-state index is -4.28. The Balaban J connectivity index is 2.53. The molecule has 0 radical (unpaired) electrons. The molecule has 2 nitrogen and oxygen atoms in total. The first-order chi connectivity index (χ1) is 8.05. The summed E-state index contributed by atoms with van der Waals surface area (Å²) in [5, 5.41) is 6.08. The lowest BCUT2D eigenvalue weighted by molar-refractivity contribution is -0.138. The van der Waals surface area contributed by atoms with Gasteiger partial charge in [0.1, 0.15) is 0 Å². The molecule has 1 aromatic rings. The molecule has 0 fully saturated rings. The molecule has 0 aliphatic carbocycles. The van der Waals surface area contributed by atoms with Crippen molar-refractivity contribution in [3.63, 3.8) is 0 Å². The fourth-order valence-electron chi connectivity index (χ4n) is 1.53. The predicted molar refractivity (Wildman–Crippen MR) is 61.7 cm³/mol. The van der Waals surface area contributed by atoms with Crippen LogP contribution in [0.2, 0.25) is 0 Å². The first-order valence-electron chi connectivity index (χ1n) is 5.62. The predicted octanol–water partition coefficient (Wildman–Crippen LogP) is 2.40. The van der Waals surface area contributed by atoms with E-state index in [1.807, 2.05) is 6.92 Å². The minimum Gasteiger partial charge on any atom is -0.316 e. The van der Waals surface area contributed by atoms with Crippen molar-refractivity contribution in [1.29, 1.82) is 0 Å². The van der Waals surface area contributed by atoms with Crippen molar-refractivity contribution in [2.24, 2.45) is 0 Å². The zero-order valence-corrected chi connectivity index (χ0v) is 9.77. The van der Waals surface area contributed by atoms with Crippen LogP contribution in [0.3, 0.4) is 0 Å². The van der Waals surface area contributed by atoms with Gasteiger partial charge in [-0.05, 0) is 18.2 Å². The lowest BCUT2D eigenvalue weighted by Crippen LogP contribution is -2.27. The largest absolute Gasteiger partial charge is 0.416 e. The van der Waals surface area contributed by atoms with E-state index in [0.29, 0.717) is 6.54 Å². The second-order valence-electron chi connectivity index (χ2n) is 3.69. The Morgan fingerprint density at radius 3 is 2.35 bits per heavy atom. The van der Waals surface area contributed by atoms with Crippen LogP contribution in [-0.4, -0.2) is 19.6 Å². The lowest BCUT2D eigenvalue weighted by Gasteiger charge is -2.13. The van der Waals surface area contributed by atoms with Gasteiger partial charge in [0.05, 0.1) is 5.56 Å². The van der Waals surface area contributed by atoms with E-state index in [-0.39, 0.29) is 12.1 Å². The number of hydrogen-bond donors (Lipinski definition) is 2. The number of benzene rings is 1. The van der Waals surface area contributed by atoms with Gasteiger partial charge in [-0.1, -0.05) is 25.1 Å². The molecule has 0 amide bonds. The molecular weight excluding hydrogens is 229 g/mol. The van der Waals surface area contributed by atoms with Gasteiger partial charge in [-0.15, -0.1) is 0 Å². The molecule has 0 aliphatic rings. The zero-order chi connectivity index (χ0) is 12.7. The molecule has 96 valence electrons. The SMILES string of the molecule is CCNCCNCc1ccccc1C(F)(F)F. The van der Waals surface area contributed by atoms with Crippen LogP contribution in [0.5, 0.6) is 0 Å². The summed E-state index contributed by atoms with van der Waals surface area (Å²) in [5.74, 6) is 0. The molecule has 17 heavy (non-hydrogen) atoms. The maximum absolute atomic E-state index is 12.6. The molecule has 1 rings (SSSR count). The van der Waals surface area contributed by atoms with Crippen LogP contribution in [0.15, 0.2) is 24.3 Å². The van der Waals surface area contributed by atoms with Crippen molar-refractivity contribution in [3.05, 3.63) is 35.4 Å². The van der Waals surface area contributed by atoms with Crippen LogP contribution in [0.1, 0.15) is 18.1 Å². The van der Waals surface area contributed by atoms with Crippen molar-refractivity contribution in [1.82, 2.24) is 10.6 Å². The quantitative estimate of drug-likeness (QED) is 0.753. The van der Waals surface area contributed by atoms with E-state index in [9.17, 15) is 13.2 Å². The summed E-state index contributed by atoms with van der Waals surface area (Å²) in [6, 6.07) is 5.64. The Hall–Kier alpha value is -1.07. The van der Waals surface area contributed by atoms with Crippen LogP contribution in [0, 0.1) is 0 Å². The third-order valence-electron chi connectivity index (χ3n) is 2.37. The topological polar surface area (TPSA) is 24.1 Å². The van der Waals surface area contributed by atoms with Crippen LogP contribution in [-0.2, 0) is 12.7 Å². The molecule has 0 aromatic heterocycles. The van der Waals surface area contributed by atoms with Gasteiger partial charge in [-0.25, -0.2) is 0 Å². The van der Waals surface area contributed by atoms with E-state index in [2.05, 4.69) is 10.6 Å². The summed E-state index contributed by atoms with van der Waals surface area (Å²) >= 11 is 0. The molecule has 0 saturated carbocycles. The molecule has 1 aromatic carbocycles. The van der Waals surface area contributed by atoms with E-state index in [0.717, 1.165) is 19.2 Å². The van der Waals surface area contributed by atoms with Gasteiger partial charge in [-0.3, -0.25) is 0 Å². The maximum Gasteiger partial charge on any atom is 0.416 e. The van der Waals surface area contributed by atoms with E-state index in [4.69, 9.17) is 0 Å². The standard InChI is InChI=1S/C12H17F3N2/c1-2-16-7-8-17-9-10-5-3-4-6-11(10)12(13,14)15/h3-6,16-17H,2,7-9H2,1H3. The molecule has 2 N–H and O–H groups in total. The summed E-state index contributed by atoms with van der Waals surface area (Å²) in [4.78, 5) is 0. The van der Waals surface area contributed by atoms with Gasteiger partial charge in [-0.2, -0.15) is 13.2 Å². The van der Waals surface area contributed by atoms with Crippen LogP contribution in [0.4, 0.5) is 13.2 Å². The second-order valence-corrected chi connectivity index (χ2v) is 3.69. The molecule has 5 heteroatoms. The molecular formula is C12H17F3N2. The fraction of sp³-hybridized carbons (Fsp3) is 0.500. The third-order valence-corrected chi connectivity index (χ3v) is 2.37. The van der Waals surface area contributed by atoms with Gasteiger partial charge < -0.3 is 10.6 Å². The van der Waals surface area contributed by atoms with Crippen molar-refractivity contribution in [3.8, 4) is 0 Å². The number of alkyl halides is 3. The molecule has 0 aliphatic heterocycles. The first-order valence-corrected chi connectivity index (χ1v) is 5.62. The molecule has 0 saturated heterocycles. The van der Waals surface area contributed by atoms with Gasteiger partial charge in [0.2, 0.25) is 0 Å². The second kappa shape index (κ2) is 6.61. The van der Waals surface area contributed by atoms with E-state index in [1.54, 1.807) is 6.07 Å². The number of halogens is 3. The Morgan fingerprint density at radius 2 is 1.71 bits per heavy atom. The number of likely N-dealkylation sites (N-methyl/N-ethyl adjacent to an activating group) is 1. The summed E-state index contributed by atoms with van der Waals surface area (Å²) in [6.07, 6.45) is -4.28. The Labute approximate surface area is 99.2 Å². The summed E-state index contributed by atoms with van der Waals surface area (Å²) in [7, 11) is 0. The zero-order valence-electron chi connectivity index (χ0n) is 9.77. The summed E-state index contributed by atoms with van der Waals surface area (Å²) < 4.78 is 37.9. The molecule has 0 unspecified atom stereocenters. The van der Waals surface area contributed by atoms with E-state index >= 15 is 0 Å². The number of nitrogens with one attached hydrogen (secondary N) is 2. The lowest BCUT2D eigenvalue weighted by atomic mass is 10.1. The van der Waals surface area contributed by atoms with Gasteiger partial charge in [0.15, 0.2) is 0 Å². The number of rotatable bonds is 6. The molecule has 0 heterocycles. The highest BCUT2D eigenvalue weighted by molar-refractivity contribution is 5.29. The summed E-state index contributed by atoms with van der Waals surface area (Å²) in [6.45, 7) is 4.49. The highest BCUT2D eigenvalue weighted by Gasteiger charge is 2.32. The molecule has 0 spiro atoms. The van der Waals surface area contributed by atoms with Crippen LogP contribution < -0.4 is 10.6 Å². The van der Waals surface area contributed by atoms with Gasteiger partial charge in [0.25, 0.3) is 0 Å². The smallest absolute Gasteiger partial charge is 0.316 e. The highest BCUT2D eigenvalue weighted by atomic mass is 19.4. The minimum absolute atomic E-state index is 0.237. The van der Waals surface area contributed by atoms with E-state index in [1.165, 1.54) is 12.1 Å². The van der Waals surface area contributed by atoms with Crippen molar-refractivity contribution in [2.45, 2.75) is 19.6 Å². The van der Waals surface area contributed by atoms with Crippen LogP contribution >= 0.6 is 0 Å². The van der Waals surface area contributed by atoms with Crippen LogP contribution in [0.25, 0.3) is 0 Å². The normalized spacial score (nSPS) is 11.8. The summed E-state index contributed by atoms with van der Waals surface area (Å²) in [5.41, 5.74) is -0.271. The van der Waals surface area contributed by atoms with Gasteiger partial charge in [0, 0.05) is 19.6 Å². The van der Waals surface area contributed by atoms with Gasteiger partial charge >= 0.3 is 6.18 Å². The highest BCUT2D eigenvalue weighted by Crippen LogP contribution is 2.31. The fourth-order valence-corrected chi connectivity index (χ4v) is 1.53. The average molecular weight is 246 g/mol. The Kier molecular flexibility index (Phi) is 5.44. The maximum atomic E-state index is 12.6. The Bertz CT molecular complexity index is 337. The number of hydrogen-bond acceptors (Lipinski definition) is 2. The third kappa shape index (κ3) is 4.75. The first kappa shape index (κ1) is 14.0. The van der Waals surface area contributed by atoms with E-state index < -0.39 is 11.7 Å². The molecule has 0 bridgehead atoms. The molecule has 0 atom stereocenters.